The second kappa shape index (κ2) is 5.09. The summed E-state index contributed by atoms with van der Waals surface area (Å²) in [6, 6.07) is 9.55. The summed E-state index contributed by atoms with van der Waals surface area (Å²) in [7, 11) is 1.98. The van der Waals surface area contributed by atoms with Crippen LogP contribution in [0.2, 0.25) is 0 Å². The average Bonchev–Trinajstić information content (AvgIpc) is 2.46. The molecule has 0 bridgehead atoms. The minimum atomic E-state index is -0.317. The molecule has 1 aliphatic heterocycles. The lowest BCUT2D eigenvalue weighted by atomic mass is 10.1. The van der Waals surface area contributed by atoms with Crippen LogP contribution in [-0.2, 0) is 19.5 Å². The van der Waals surface area contributed by atoms with Gasteiger partial charge in [-0.3, -0.25) is 9.36 Å². The van der Waals surface area contributed by atoms with E-state index in [1.165, 1.54) is 4.57 Å². The predicted molar refractivity (Wildman–Crippen MR) is 76.9 cm³/mol. The molecule has 0 fully saturated rings. The Labute approximate surface area is 116 Å². The van der Waals surface area contributed by atoms with Crippen LogP contribution in [-0.4, -0.2) is 28.0 Å². The number of benzene rings is 1. The molecule has 2 aromatic rings. The van der Waals surface area contributed by atoms with Crippen molar-refractivity contribution >= 4 is 0 Å². The molecule has 2 heterocycles. The summed E-state index contributed by atoms with van der Waals surface area (Å²) in [6.07, 6.45) is 0.725. The summed E-state index contributed by atoms with van der Waals surface area (Å²) in [5, 5.41) is 0. The third kappa shape index (κ3) is 2.32. The van der Waals surface area contributed by atoms with Gasteiger partial charge in [0.1, 0.15) is 0 Å². The Balaban J connectivity index is 2.06. The van der Waals surface area contributed by atoms with E-state index in [1.54, 1.807) is 0 Å². The van der Waals surface area contributed by atoms with Crippen molar-refractivity contribution in [1.29, 1.82) is 0 Å². The van der Waals surface area contributed by atoms with E-state index in [0.29, 0.717) is 18.7 Å². The molecular weight excluding hydrogens is 254 g/mol. The summed E-state index contributed by atoms with van der Waals surface area (Å²) >= 11 is 0. The Hall–Kier alpha value is -2.14. The van der Waals surface area contributed by atoms with Crippen molar-refractivity contribution in [3.63, 3.8) is 0 Å². The van der Waals surface area contributed by atoms with Gasteiger partial charge in [0.2, 0.25) is 0 Å². The van der Waals surface area contributed by atoms with Gasteiger partial charge in [0.25, 0.3) is 5.56 Å². The fourth-order valence-electron chi connectivity index (χ4n) is 2.59. The molecule has 20 heavy (non-hydrogen) atoms. The maximum Gasteiger partial charge on any atom is 0.328 e. The van der Waals surface area contributed by atoms with Gasteiger partial charge in [-0.05, 0) is 12.6 Å². The number of fused-ring (bicyclic) bond motifs is 1. The van der Waals surface area contributed by atoms with Gasteiger partial charge in [-0.1, -0.05) is 30.3 Å². The molecule has 0 spiro atoms. The molecule has 5 nitrogen and oxygen atoms in total. The zero-order chi connectivity index (χ0) is 14.1. The number of aromatic amines is 1. The Morgan fingerprint density at radius 3 is 2.70 bits per heavy atom. The van der Waals surface area contributed by atoms with E-state index in [1.807, 2.05) is 37.4 Å². The van der Waals surface area contributed by atoms with E-state index in [2.05, 4.69) is 9.88 Å². The lowest BCUT2D eigenvalue weighted by Gasteiger charge is -2.24. The molecule has 1 aromatic heterocycles. The molecule has 0 amide bonds. The molecule has 0 unspecified atom stereocenters. The SMILES string of the molecule is CN1CCc2[nH]c(=O)n(Cc3ccccc3)c(=O)c2C1. The molecule has 0 radical (unpaired) electrons. The highest BCUT2D eigenvalue weighted by Gasteiger charge is 2.19. The molecular formula is C15H17N3O2. The minimum absolute atomic E-state index is 0.167. The standard InChI is InChI=1S/C15H17N3O2/c1-17-8-7-13-12(10-17)14(19)18(15(20)16-13)9-11-5-3-2-4-6-11/h2-6H,7-10H2,1H3,(H,16,20). The summed E-state index contributed by atoms with van der Waals surface area (Å²) in [5.74, 6) is 0. The van der Waals surface area contributed by atoms with Crippen LogP contribution >= 0.6 is 0 Å². The third-order valence-corrected chi connectivity index (χ3v) is 3.73. The average molecular weight is 271 g/mol. The van der Waals surface area contributed by atoms with E-state index in [9.17, 15) is 9.59 Å². The van der Waals surface area contributed by atoms with Gasteiger partial charge in [-0.25, -0.2) is 4.79 Å². The zero-order valence-corrected chi connectivity index (χ0v) is 11.4. The number of H-pyrrole nitrogens is 1. The number of aromatic nitrogens is 2. The first-order valence-corrected chi connectivity index (χ1v) is 6.72. The molecule has 1 N–H and O–H groups in total. The van der Waals surface area contributed by atoms with Crippen molar-refractivity contribution in [2.75, 3.05) is 13.6 Å². The second-order valence-electron chi connectivity index (χ2n) is 5.25. The van der Waals surface area contributed by atoms with E-state index >= 15 is 0 Å². The number of hydrogen-bond acceptors (Lipinski definition) is 3. The molecule has 1 aromatic carbocycles. The molecule has 0 atom stereocenters. The molecule has 5 heteroatoms. The first-order chi connectivity index (χ1) is 9.65. The zero-order valence-electron chi connectivity index (χ0n) is 11.4. The van der Waals surface area contributed by atoms with Crippen molar-refractivity contribution in [1.82, 2.24) is 14.5 Å². The van der Waals surface area contributed by atoms with Gasteiger partial charge in [0.05, 0.1) is 12.1 Å². The molecule has 104 valence electrons. The van der Waals surface area contributed by atoms with Crippen molar-refractivity contribution in [3.8, 4) is 0 Å². The summed E-state index contributed by atoms with van der Waals surface area (Å²) in [4.78, 5) is 29.5. The fourth-order valence-corrected chi connectivity index (χ4v) is 2.59. The van der Waals surface area contributed by atoms with Gasteiger partial charge in [0.15, 0.2) is 0 Å². The van der Waals surface area contributed by atoms with Gasteiger partial charge in [0, 0.05) is 25.2 Å². The van der Waals surface area contributed by atoms with E-state index in [-0.39, 0.29) is 11.2 Å². The van der Waals surface area contributed by atoms with Crippen LogP contribution in [0.4, 0.5) is 0 Å². The van der Waals surface area contributed by atoms with Crippen LogP contribution in [0.3, 0.4) is 0 Å². The molecule has 0 aliphatic carbocycles. The normalized spacial score (nSPS) is 15.1. The topological polar surface area (TPSA) is 58.1 Å². The van der Waals surface area contributed by atoms with Crippen molar-refractivity contribution < 1.29 is 0 Å². The number of nitrogens with one attached hydrogen (secondary N) is 1. The van der Waals surface area contributed by atoms with Crippen LogP contribution in [0.25, 0.3) is 0 Å². The van der Waals surface area contributed by atoms with Crippen LogP contribution in [0.5, 0.6) is 0 Å². The van der Waals surface area contributed by atoms with Gasteiger partial charge in [-0.2, -0.15) is 0 Å². The summed E-state index contributed by atoms with van der Waals surface area (Å²) in [5.41, 5.74) is 1.97. The molecule has 0 saturated carbocycles. The summed E-state index contributed by atoms with van der Waals surface area (Å²) < 4.78 is 1.29. The molecule has 3 rings (SSSR count). The highest BCUT2D eigenvalue weighted by Crippen LogP contribution is 2.10. The maximum atomic E-state index is 12.5. The van der Waals surface area contributed by atoms with Gasteiger partial charge in [-0.15, -0.1) is 0 Å². The Kier molecular flexibility index (Phi) is 3.28. The number of nitrogens with zero attached hydrogens (tertiary/aromatic N) is 2. The number of likely N-dealkylation sites (N-methyl/N-ethyl adjacent to an activating group) is 1. The third-order valence-electron chi connectivity index (χ3n) is 3.73. The molecule has 1 aliphatic rings. The largest absolute Gasteiger partial charge is 0.328 e. The van der Waals surface area contributed by atoms with Crippen LogP contribution < -0.4 is 11.2 Å². The van der Waals surface area contributed by atoms with Crippen LogP contribution in [0.1, 0.15) is 16.8 Å². The predicted octanol–water partition coefficient (Wildman–Crippen LogP) is 0.573. The highest BCUT2D eigenvalue weighted by atomic mass is 16.2. The van der Waals surface area contributed by atoms with Gasteiger partial charge >= 0.3 is 5.69 Å². The highest BCUT2D eigenvalue weighted by molar-refractivity contribution is 5.21. The molecule has 0 saturated heterocycles. The number of rotatable bonds is 2. The smallest absolute Gasteiger partial charge is 0.311 e. The first kappa shape index (κ1) is 12.9. The lowest BCUT2D eigenvalue weighted by molar-refractivity contribution is 0.305. The van der Waals surface area contributed by atoms with E-state index in [4.69, 9.17) is 0 Å². The van der Waals surface area contributed by atoms with Crippen molar-refractivity contribution in [3.05, 3.63) is 68.0 Å². The maximum absolute atomic E-state index is 12.5. The minimum Gasteiger partial charge on any atom is -0.311 e. The lowest BCUT2D eigenvalue weighted by Crippen LogP contribution is -2.43. The van der Waals surface area contributed by atoms with E-state index < -0.39 is 0 Å². The van der Waals surface area contributed by atoms with Gasteiger partial charge < -0.3 is 9.88 Å². The quantitative estimate of drug-likeness (QED) is 0.869. The van der Waals surface area contributed by atoms with Crippen molar-refractivity contribution in [2.24, 2.45) is 0 Å². The second-order valence-corrected chi connectivity index (χ2v) is 5.25. The Morgan fingerprint density at radius 1 is 1.20 bits per heavy atom. The van der Waals surface area contributed by atoms with Crippen molar-refractivity contribution in [2.45, 2.75) is 19.5 Å². The Bertz CT molecular complexity index is 731. The fraction of sp³-hybridized carbons (Fsp3) is 0.333. The van der Waals surface area contributed by atoms with Crippen LogP contribution in [0, 0.1) is 0 Å². The van der Waals surface area contributed by atoms with E-state index in [0.717, 1.165) is 24.2 Å². The number of hydrogen-bond donors (Lipinski definition) is 1. The summed E-state index contributed by atoms with van der Waals surface area (Å²) in [6.45, 7) is 1.77. The first-order valence-electron chi connectivity index (χ1n) is 6.72. The van der Waals surface area contributed by atoms with Crippen LogP contribution in [0.15, 0.2) is 39.9 Å². The monoisotopic (exact) mass is 271 g/mol. The Morgan fingerprint density at radius 2 is 1.95 bits per heavy atom.